The zero-order valence-electron chi connectivity index (χ0n) is 12.0. The summed E-state index contributed by atoms with van der Waals surface area (Å²) in [6.45, 7) is 3.79. The average molecular weight is 426 g/mol. The highest BCUT2D eigenvalue weighted by atomic mass is 79.9. The molecule has 0 unspecified atom stereocenters. The first-order valence-corrected chi connectivity index (χ1v) is 8.10. The van der Waals surface area contributed by atoms with Gasteiger partial charge in [0.1, 0.15) is 0 Å². The van der Waals surface area contributed by atoms with Gasteiger partial charge in [-0.1, -0.05) is 31.9 Å². The Hall–Kier alpha value is -1.66. The molecule has 6 heteroatoms. The third-order valence-electron chi connectivity index (χ3n) is 3.13. The Bertz CT molecular complexity index is 681. The number of benzene rings is 2. The topological polar surface area (TPSA) is 58.2 Å². The van der Waals surface area contributed by atoms with Crippen LogP contribution in [0.15, 0.2) is 45.3 Å². The summed E-state index contributed by atoms with van der Waals surface area (Å²) < 4.78 is 1.86. The first-order chi connectivity index (χ1) is 10.4. The first kappa shape index (κ1) is 16.7. The third-order valence-corrected chi connectivity index (χ3v) is 4.91. The van der Waals surface area contributed by atoms with Crippen LogP contribution in [-0.2, 0) is 0 Å². The Balaban J connectivity index is 2.02. The largest absolute Gasteiger partial charge is 0.269 e. The Labute approximate surface area is 145 Å². The second-order valence-corrected chi connectivity index (χ2v) is 6.54. The van der Waals surface area contributed by atoms with Crippen molar-refractivity contribution in [3.63, 3.8) is 0 Å². The standard InChI is InChI=1S/C16H14Br2N2O2/c1-9-7-11(3-5-13(9)17)15(21)19-20-16(22)12-4-6-14(18)10(2)8-12/h3-8H,1-2H3,(H,19,21)(H,20,22). The Kier molecular flexibility index (Phi) is 5.37. The van der Waals surface area contributed by atoms with E-state index in [0.29, 0.717) is 11.1 Å². The van der Waals surface area contributed by atoms with Gasteiger partial charge in [0.05, 0.1) is 0 Å². The maximum absolute atomic E-state index is 12.0. The zero-order valence-corrected chi connectivity index (χ0v) is 15.2. The minimum absolute atomic E-state index is 0.363. The van der Waals surface area contributed by atoms with Crippen LogP contribution in [0.2, 0.25) is 0 Å². The highest BCUT2D eigenvalue weighted by molar-refractivity contribution is 9.10. The van der Waals surface area contributed by atoms with Crippen molar-refractivity contribution < 1.29 is 9.59 Å². The number of hydrogen-bond donors (Lipinski definition) is 2. The smallest absolute Gasteiger partial charge is 0.267 e. The molecule has 0 saturated carbocycles. The third kappa shape index (κ3) is 3.96. The molecule has 22 heavy (non-hydrogen) atoms. The molecule has 0 aromatic heterocycles. The lowest BCUT2D eigenvalue weighted by molar-refractivity contribution is 0.0846. The summed E-state index contributed by atoms with van der Waals surface area (Å²) in [6.07, 6.45) is 0. The second-order valence-electron chi connectivity index (χ2n) is 4.84. The van der Waals surface area contributed by atoms with E-state index < -0.39 is 0 Å². The molecule has 114 valence electrons. The molecule has 0 spiro atoms. The Morgan fingerprint density at radius 1 is 0.773 bits per heavy atom. The quantitative estimate of drug-likeness (QED) is 0.716. The number of amides is 2. The number of carbonyl (C=O) groups excluding carboxylic acids is 2. The number of halogens is 2. The van der Waals surface area contributed by atoms with E-state index in [2.05, 4.69) is 42.7 Å². The average Bonchev–Trinajstić information content (AvgIpc) is 2.50. The summed E-state index contributed by atoms with van der Waals surface area (Å²) >= 11 is 6.76. The molecule has 0 aliphatic heterocycles. The molecule has 0 aliphatic rings. The molecular formula is C16H14Br2N2O2. The van der Waals surface area contributed by atoms with Crippen molar-refractivity contribution in [1.82, 2.24) is 10.9 Å². The van der Waals surface area contributed by atoms with E-state index in [1.54, 1.807) is 36.4 Å². The highest BCUT2D eigenvalue weighted by Gasteiger charge is 2.10. The van der Waals surface area contributed by atoms with Crippen LogP contribution < -0.4 is 10.9 Å². The maximum atomic E-state index is 12.0. The van der Waals surface area contributed by atoms with Crippen LogP contribution in [0.3, 0.4) is 0 Å². The van der Waals surface area contributed by atoms with Crippen molar-refractivity contribution in [2.75, 3.05) is 0 Å². The number of aryl methyl sites for hydroxylation is 2. The van der Waals surface area contributed by atoms with E-state index in [-0.39, 0.29) is 11.8 Å². The van der Waals surface area contributed by atoms with Gasteiger partial charge in [0.15, 0.2) is 0 Å². The molecule has 0 radical (unpaired) electrons. The number of nitrogens with one attached hydrogen (secondary N) is 2. The van der Waals surface area contributed by atoms with Crippen LogP contribution >= 0.6 is 31.9 Å². The fourth-order valence-corrected chi connectivity index (χ4v) is 2.32. The molecule has 4 nitrogen and oxygen atoms in total. The summed E-state index contributed by atoms with van der Waals surface area (Å²) in [5, 5.41) is 0. The Morgan fingerprint density at radius 3 is 1.45 bits per heavy atom. The van der Waals surface area contributed by atoms with Crippen molar-refractivity contribution in [3.8, 4) is 0 Å². The van der Waals surface area contributed by atoms with E-state index >= 15 is 0 Å². The molecular weight excluding hydrogens is 412 g/mol. The summed E-state index contributed by atoms with van der Waals surface area (Å²) in [6, 6.07) is 10.4. The van der Waals surface area contributed by atoms with Crippen LogP contribution in [0.1, 0.15) is 31.8 Å². The highest BCUT2D eigenvalue weighted by Crippen LogP contribution is 2.18. The van der Waals surface area contributed by atoms with Gasteiger partial charge in [0.2, 0.25) is 0 Å². The normalized spacial score (nSPS) is 10.2. The molecule has 2 N–H and O–H groups in total. The van der Waals surface area contributed by atoms with Crippen LogP contribution in [0.4, 0.5) is 0 Å². The fraction of sp³-hybridized carbons (Fsp3) is 0.125. The summed E-state index contributed by atoms with van der Waals surface area (Å²) in [5.41, 5.74) is 7.68. The predicted molar refractivity (Wildman–Crippen MR) is 92.7 cm³/mol. The van der Waals surface area contributed by atoms with Crippen LogP contribution in [0.25, 0.3) is 0 Å². The van der Waals surface area contributed by atoms with Gasteiger partial charge < -0.3 is 0 Å². The minimum atomic E-state index is -0.363. The van der Waals surface area contributed by atoms with Crippen LogP contribution in [0, 0.1) is 13.8 Å². The fourth-order valence-electron chi connectivity index (χ4n) is 1.83. The maximum Gasteiger partial charge on any atom is 0.269 e. The molecule has 0 heterocycles. The minimum Gasteiger partial charge on any atom is -0.267 e. The van der Waals surface area contributed by atoms with E-state index in [9.17, 15) is 9.59 Å². The zero-order chi connectivity index (χ0) is 16.3. The number of hydrazine groups is 1. The molecule has 2 aromatic carbocycles. The first-order valence-electron chi connectivity index (χ1n) is 6.51. The number of rotatable bonds is 2. The van der Waals surface area contributed by atoms with Crippen LogP contribution in [-0.4, -0.2) is 11.8 Å². The van der Waals surface area contributed by atoms with E-state index in [1.807, 2.05) is 13.8 Å². The molecule has 2 amide bonds. The van der Waals surface area contributed by atoms with Gasteiger partial charge in [-0.2, -0.15) is 0 Å². The molecule has 0 bridgehead atoms. The molecule has 0 fully saturated rings. The lowest BCUT2D eigenvalue weighted by atomic mass is 10.1. The molecule has 0 saturated heterocycles. The summed E-state index contributed by atoms with van der Waals surface area (Å²) in [7, 11) is 0. The van der Waals surface area contributed by atoms with Gasteiger partial charge >= 0.3 is 0 Å². The monoisotopic (exact) mass is 424 g/mol. The molecule has 0 atom stereocenters. The van der Waals surface area contributed by atoms with Crippen molar-refractivity contribution >= 4 is 43.7 Å². The van der Waals surface area contributed by atoms with Gasteiger partial charge in [0.25, 0.3) is 11.8 Å². The van der Waals surface area contributed by atoms with Gasteiger partial charge in [0, 0.05) is 20.1 Å². The summed E-state index contributed by atoms with van der Waals surface area (Å²) in [5.74, 6) is -0.726. The van der Waals surface area contributed by atoms with Gasteiger partial charge in [-0.05, 0) is 61.4 Å². The molecule has 2 rings (SSSR count). The number of hydrogen-bond acceptors (Lipinski definition) is 2. The van der Waals surface area contributed by atoms with Gasteiger partial charge in [-0.25, -0.2) is 0 Å². The van der Waals surface area contributed by atoms with Gasteiger partial charge in [-0.3, -0.25) is 20.4 Å². The second kappa shape index (κ2) is 7.07. The van der Waals surface area contributed by atoms with E-state index in [1.165, 1.54) is 0 Å². The van der Waals surface area contributed by atoms with E-state index in [0.717, 1.165) is 20.1 Å². The van der Waals surface area contributed by atoms with Crippen molar-refractivity contribution in [2.45, 2.75) is 13.8 Å². The Morgan fingerprint density at radius 2 is 1.14 bits per heavy atom. The molecule has 0 aliphatic carbocycles. The van der Waals surface area contributed by atoms with Crippen LogP contribution in [0.5, 0.6) is 0 Å². The lowest BCUT2D eigenvalue weighted by Crippen LogP contribution is -2.41. The summed E-state index contributed by atoms with van der Waals surface area (Å²) in [4.78, 5) is 24.0. The lowest BCUT2D eigenvalue weighted by Gasteiger charge is -2.09. The van der Waals surface area contributed by atoms with Crippen molar-refractivity contribution in [3.05, 3.63) is 67.6 Å². The van der Waals surface area contributed by atoms with Crippen molar-refractivity contribution in [2.24, 2.45) is 0 Å². The number of carbonyl (C=O) groups is 2. The van der Waals surface area contributed by atoms with Gasteiger partial charge in [-0.15, -0.1) is 0 Å². The van der Waals surface area contributed by atoms with E-state index in [4.69, 9.17) is 0 Å². The SMILES string of the molecule is Cc1cc(C(=O)NNC(=O)c2ccc(Br)c(C)c2)ccc1Br. The molecule has 2 aromatic rings. The van der Waals surface area contributed by atoms with Crippen molar-refractivity contribution in [1.29, 1.82) is 0 Å². The predicted octanol–water partition coefficient (Wildman–Crippen LogP) is 3.90.